The zero-order valence-corrected chi connectivity index (χ0v) is 13.4. The fourth-order valence-corrected chi connectivity index (χ4v) is 2.34. The second kappa shape index (κ2) is 6.42. The third-order valence-corrected chi connectivity index (χ3v) is 3.51. The molecule has 0 bridgehead atoms. The Morgan fingerprint density at radius 3 is 3.04 bits per heavy atom. The lowest BCUT2D eigenvalue weighted by atomic mass is 10.1. The summed E-state index contributed by atoms with van der Waals surface area (Å²) in [5.74, 6) is -0.405. The number of carbonyl (C=O) groups is 1. The van der Waals surface area contributed by atoms with Gasteiger partial charge in [-0.2, -0.15) is 10.4 Å². The maximum atomic E-state index is 12.0. The van der Waals surface area contributed by atoms with E-state index in [1.165, 1.54) is 6.21 Å². The predicted molar refractivity (Wildman–Crippen MR) is 89.1 cm³/mol. The van der Waals surface area contributed by atoms with Gasteiger partial charge >= 0.3 is 0 Å². The predicted octanol–water partition coefficient (Wildman–Crippen LogP) is 2.73. The van der Waals surface area contributed by atoms with Crippen molar-refractivity contribution in [3.05, 3.63) is 70.1 Å². The first-order valence-corrected chi connectivity index (χ1v) is 7.43. The molecule has 0 aliphatic rings. The number of nitrogens with zero attached hydrogens (tertiary/aromatic N) is 4. The standard InChI is InChI=1S/C16H10BrN5O/c17-13-4-5-15-20-14(10-22(15)9-13)16(23)21-19-8-12-3-1-2-11(6-12)7-18/h1-6,8-10H,(H,21,23). The zero-order chi connectivity index (χ0) is 16.2. The fraction of sp³-hybridized carbons (Fsp3) is 0. The summed E-state index contributed by atoms with van der Waals surface area (Å²) in [7, 11) is 0. The smallest absolute Gasteiger partial charge is 0.291 e. The molecule has 0 aliphatic carbocycles. The number of aromatic nitrogens is 2. The third-order valence-electron chi connectivity index (χ3n) is 3.04. The largest absolute Gasteiger partial charge is 0.305 e. The number of hydrogen-bond donors (Lipinski definition) is 1. The highest BCUT2D eigenvalue weighted by Crippen LogP contribution is 2.12. The molecule has 23 heavy (non-hydrogen) atoms. The average Bonchev–Trinajstić information content (AvgIpc) is 2.98. The van der Waals surface area contributed by atoms with E-state index in [1.54, 1.807) is 40.9 Å². The van der Waals surface area contributed by atoms with Crippen molar-refractivity contribution in [2.75, 3.05) is 0 Å². The van der Waals surface area contributed by atoms with Crippen LogP contribution < -0.4 is 5.43 Å². The minimum atomic E-state index is -0.405. The van der Waals surface area contributed by atoms with E-state index in [2.05, 4.69) is 31.4 Å². The molecule has 0 radical (unpaired) electrons. The summed E-state index contributed by atoms with van der Waals surface area (Å²) < 4.78 is 2.64. The van der Waals surface area contributed by atoms with Crippen molar-refractivity contribution < 1.29 is 4.79 Å². The van der Waals surface area contributed by atoms with Gasteiger partial charge in [-0.15, -0.1) is 0 Å². The normalized spacial score (nSPS) is 10.8. The zero-order valence-electron chi connectivity index (χ0n) is 11.8. The maximum absolute atomic E-state index is 12.0. The number of imidazole rings is 1. The molecule has 7 heteroatoms. The number of benzene rings is 1. The molecule has 0 spiro atoms. The molecule has 1 aromatic carbocycles. The molecule has 112 valence electrons. The second-order valence-corrected chi connectivity index (χ2v) is 5.59. The van der Waals surface area contributed by atoms with Crippen molar-refractivity contribution in [2.45, 2.75) is 0 Å². The minimum absolute atomic E-state index is 0.269. The van der Waals surface area contributed by atoms with E-state index >= 15 is 0 Å². The monoisotopic (exact) mass is 367 g/mol. The summed E-state index contributed by atoms with van der Waals surface area (Å²) in [5.41, 5.74) is 4.62. The Kier molecular flexibility index (Phi) is 4.17. The van der Waals surface area contributed by atoms with Crippen LogP contribution in [0.2, 0.25) is 0 Å². The molecule has 0 saturated heterocycles. The third kappa shape index (κ3) is 3.44. The number of halogens is 1. The van der Waals surface area contributed by atoms with Gasteiger partial charge in [-0.1, -0.05) is 12.1 Å². The van der Waals surface area contributed by atoms with Crippen LogP contribution in [0.3, 0.4) is 0 Å². The summed E-state index contributed by atoms with van der Waals surface area (Å²) >= 11 is 3.36. The number of pyridine rings is 1. The van der Waals surface area contributed by atoms with Crippen molar-refractivity contribution in [1.82, 2.24) is 14.8 Å². The van der Waals surface area contributed by atoms with E-state index in [4.69, 9.17) is 5.26 Å². The Morgan fingerprint density at radius 2 is 2.22 bits per heavy atom. The lowest BCUT2D eigenvalue weighted by Gasteiger charge is -1.96. The maximum Gasteiger partial charge on any atom is 0.291 e. The van der Waals surface area contributed by atoms with Crippen LogP contribution in [0.4, 0.5) is 0 Å². The first-order chi connectivity index (χ1) is 11.2. The Bertz CT molecular complexity index is 955. The first-order valence-electron chi connectivity index (χ1n) is 6.63. The number of hydrogen-bond acceptors (Lipinski definition) is 4. The van der Waals surface area contributed by atoms with E-state index in [9.17, 15) is 4.79 Å². The van der Waals surface area contributed by atoms with E-state index < -0.39 is 5.91 Å². The van der Waals surface area contributed by atoms with Gasteiger partial charge in [-0.05, 0) is 45.8 Å². The van der Waals surface area contributed by atoms with Gasteiger partial charge < -0.3 is 4.40 Å². The van der Waals surface area contributed by atoms with Gasteiger partial charge in [0.2, 0.25) is 0 Å². The lowest BCUT2D eigenvalue weighted by molar-refractivity contribution is 0.0951. The van der Waals surface area contributed by atoms with E-state index in [1.807, 2.05) is 18.3 Å². The minimum Gasteiger partial charge on any atom is -0.305 e. The highest BCUT2D eigenvalue weighted by Gasteiger charge is 2.09. The van der Waals surface area contributed by atoms with Gasteiger partial charge in [0.1, 0.15) is 11.3 Å². The van der Waals surface area contributed by atoms with Crippen LogP contribution in [0, 0.1) is 11.3 Å². The summed E-state index contributed by atoms with van der Waals surface area (Å²) in [6, 6.07) is 12.6. The molecule has 0 unspecified atom stereocenters. The van der Waals surface area contributed by atoms with Crippen LogP contribution in [-0.2, 0) is 0 Å². The molecule has 0 saturated carbocycles. The quantitative estimate of drug-likeness (QED) is 0.570. The molecular weight excluding hydrogens is 358 g/mol. The summed E-state index contributed by atoms with van der Waals surface area (Å²) in [5, 5.41) is 12.7. The summed E-state index contributed by atoms with van der Waals surface area (Å²) in [4.78, 5) is 16.3. The molecule has 0 atom stereocenters. The Hall–Kier alpha value is -2.98. The molecular formula is C16H10BrN5O. The number of carbonyl (C=O) groups excluding carboxylic acids is 1. The summed E-state index contributed by atoms with van der Waals surface area (Å²) in [6.45, 7) is 0. The van der Waals surface area contributed by atoms with Crippen LogP contribution in [0.5, 0.6) is 0 Å². The molecule has 1 N–H and O–H groups in total. The van der Waals surface area contributed by atoms with E-state index in [-0.39, 0.29) is 5.69 Å². The Balaban J connectivity index is 1.73. The Labute approximate surface area is 140 Å². The first kappa shape index (κ1) is 14.9. The summed E-state index contributed by atoms with van der Waals surface area (Å²) in [6.07, 6.45) is 4.92. The van der Waals surface area contributed by atoms with E-state index in [0.29, 0.717) is 11.2 Å². The van der Waals surface area contributed by atoms with Crippen molar-refractivity contribution in [3.63, 3.8) is 0 Å². The van der Waals surface area contributed by atoms with Gasteiger partial charge in [0.25, 0.3) is 5.91 Å². The van der Waals surface area contributed by atoms with Gasteiger partial charge in [0, 0.05) is 16.9 Å². The van der Waals surface area contributed by atoms with Gasteiger partial charge in [0.05, 0.1) is 17.8 Å². The molecule has 2 aromatic heterocycles. The number of fused-ring (bicyclic) bond motifs is 1. The van der Waals surface area contributed by atoms with Gasteiger partial charge in [-0.25, -0.2) is 10.4 Å². The number of nitriles is 1. The number of nitrogens with one attached hydrogen (secondary N) is 1. The molecule has 3 rings (SSSR count). The van der Waals surface area contributed by atoms with Crippen molar-refractivity contribution in [1.29, 1.82) is 5.26 Å². The molecule has 0 aliphatic heterocycles. The number of rotatable bonds is 3. The van der Waals surface area contributed by atoms with Crippen molar-refractivity contribution >= 4 is 33.7 Å². The number of hydrazone groups is 1. The SMILES string of the molecule is N#Cc1cccc(C=NNC(=O)c2cn3cc(Br)ccc3n2)c1. The van der Waals surface area contributed by atoms with Crippen LogP contribution in [0.1, 0.15) is 21.6 Å². The molecule has 6 nitrogen and oxygen atoms in total. The second-order valence-electron chi connectivity index (χ2n) is 4.68. The van der Waals surface area contributed by atoms with E-state index in [0.717, 1.165) is 10.0 Å². The van der Waals surface area contributed by atoms with Crippen LogP contribution in [0.25, 0.3) is 5.65 Å². The highest BCUT2D eigenvalue weighted by atomic mass is 79.9. The van der Waals surface area contributed by atoms with Gasteiger partial charge in [0.15, 0.2) is 0 Å². The van der Waals surface area contributed by atoms with Gasteiger partial charge in [-0.3, -0.25) is 4.79 Å². The molecule has 3 aromatic rings. The topological polar surface area (TPSA) is 82.5 Å². The van der Waals surface area contributed by atoms with Crippen LogP contribution >= 0.6 is 15.9 Å². The molecule has 2 heterocycles. The molecule has 0 fully saturated rings. The lowest BCUT2D eigenvalue weighted by Crippen LogP contribution is -2.17. The fourth-order valence-electron chi connectivity index (χ4n) is 1.99. The van der Waals surface area contributed by atoms with Crippen LogP contribution in [-0.4, -0.2) is 21.5 Å². The average molecular weight is 368 g/mol. The highest BCUT2D eigenvalue weighted by molar-refractivity contribution is 9.10. The Morgan fingerprint density at radius 1 is 1.35 bits per heavy atom. The van der Waals surface area contributed by atoms with Crippen LogP contribution in [0.15, 0.2) is 58.4 Å². The molecule has 1 amide bonds. The number of amides is 1. The van der Waals surface area contributed by atoms with Crippen molar-refractivity contribution in [2.24, 2.45) is 5.10 Å². The van der Waals surface area contributed by atoms with Crippen molar-refractivity contribution in [3.8, 4) is 6.07 Å².